The molecule has 3 heterocycles. The minimum atomic E-state index is 0.552. The van der Waals surface area contributed by atoms with Crippen molar-refractivity contribution in [1.82, 2.24) is 20.5 Å². The Morgan fingerprint density at radius 2 is 2.00 bits per heavy atom. The summed E-state index contributed by atoms with van der Waals surface area (Å²) in [5.74, 6) is 0.981. The lowest BCUT2D eigenvalue weighted by molar-refractivity contribution is 0.0526. The molecule has 1 aromatic heterocycles. The standard InChI is InChI=1S/C19H33N5S/c1-5-20-19(21-10-9-18-13(2)22-14(3)25-18)23-15-11-16-7-6-8-17(12-15)24(16)4/h15-17H,5-12H2,1-4H3,(H2,20,21,23). The quantitative estimate of drug-likeness (QED) is 0.624. The van der Waals surface area contributed by atoms with E-state index in [1.165, 1.54) is 42.7 Å². The van der Waals surface area contributed by atoms with Gasteiger partial charge in [0.05, 0.1) is 10.7 Å². The maximum Gasteiger partial charge on any atom is 0.191 e. The maximum atomic E-state index is 4.83. The first kappa shape index (κ1) is 18.6. The minimum absolute atomic E-state index is 0.552. The van der Waals surface area contributed by atoms with Crippen molar-refractivity contribution >= 4 is 17.3 Å². The van der Waals surface area contributed by atoms with Crippen molar-refractivity contribution in [3.63, 3.8) is 0 Å². The van der Waals surface area contributed by atoms with Crippen molar-refractivity contribution in [2.75, 3.05) is 20.1 Å². The molecule has 0 aliphatic carbocycles. The normalized spacial score (nSPS) is 27.4. The molecular formula is C19H33N5S. The number of aryl methyl sites for hydroxylation is 2. The van der Waals surface area contributed by atoms with Crippen LogP contribution in [0.15, 0.2) is 4.99 Å². The van der Waals surface area contributed by atoms with E-state index in [4.69, 9.17) is 4.99 Å². The minimum Gasteiger partial charge on any atom is -0.357 e. The summed E-state index contributed by atoms with van der Waals surface area (Å²) in [6.45, 7) is 8.04. The first-order valence-corrected chi connectivity index (χ1v) is 10.6. The van der Waals surface area contributed by atoms with Gasteiger partial charge in [0.1, 0.15) is 0 Å². The summed E-state index contributed by atoms with van der Waals surface area (Å²) in [6.07, 6.45) is 7.56. The third-order valence-electron chi connectivity index (χ3n) is 5.63. The molecule has 5 nitrogen and oxygen atoms in total. The van der Waals surface area contributed by atoms with Crippen LogP contribution in [-0.4, -0.2) is 54.1 Å². The molecule has 3 rings (SSSR count). The van der Waals surface area contributed by atoms with Gasteiger partial charge in [-0.1, -0.05) is 6.42 Å². The number of piperidine rings is 2. The van der Waals surface area contributed by atoms with Gasteiger partial charge in [-0.15, -0.1) is 11.3 Å². The van der Waals surface area contributed by atoms with Crippen molar-refractivity contribution < 1.29 is 0 Å². The lowest BCUT2D eigenvalue weighted by Crippen LogP contribution is -2.56. The fraction of sp³-hybridized carbons (Fsp3) is 0.789. The highest BCUT2D eigenvalue weighted by Crippen LogP contribution is 2.32. The Morgan fingerprint density at radius 1 is 1.28 bits per heavy atom. The monoisotopic (exact) mass is 363 g/mol. The average molecular weight is 364 g/mol. The van der Waals surface area contributed by atoms with Crippen LogP contribution in [-0.2, 0) is 6.42 Å². The number of nitrogens with one attached hydrogen (secondary N) is 2. The molecule has 2 aliphatic rings. The number of aromatic nitrogens is 1. The second-order valence-corrected chi connectivity index (χ2v) is 8.76. The zero-order valence-corrected chi connectivity index (χ0v) is 17.0. The van der Waals surface area contributed by atoms with E-state index in [2.05, 4.69) is 48.3 Å². The van der Waals surface area contributed by atoms with Gasteiger partial charge in [-0.05, 0) is 53.5 Å². The molecule has 2 N–H and O–H groups in total. The van der Waals surface area contributed by atoms with Crippen LogP contribution in [0.25, 0.3) is 0 Å². The lowest BCUT2D eigenvalue weighted by Gasteiger charge is -2.47. The number of thiazole rings is 1. The van der Waals surface area contributed by atoms with Gasteiger partial charge >= 0.3 is 0 Å². The number of rotatable bonds is 5. The molecule has 2 saturated heterocycles. The maximum absolute atomic E-state index is 4.83. The predicted molar refractivity (Wildman–Crippen MR) is 107 cm³/mol. The number of fused-ring (bicyclic) bond motifs is 2. The Hall–Kier alpha value is -1.14. The molecule has 2 atom stereocenters. The summed E-state index contributed by atoms with van der Waals surface area (Å²) in [7, 11) is 2.31. The first-order valence-electron chi connectivity index (χ1n) is 9.76. The zero-order chi connectivity index (χ0) is 17.8. The van der Waals surface area contributed by atoms with Crippen LogP contribution in [0.4, 0.5) is 0 Å². The van der Waals surface area contributed by atoms with Gasteiger partial charge in [-0.3, -0.25) is 4.99 Å². The van der Waals surface area contributed by atoms with E-state index in [1.807, 2.05) is 0 Å². The Balaban J connectivity index is 1.56. The number of aliphatic imine (C=N–C) groups is 1. The number of hydrogen-bond acceptors (Lipinski definition) is 4. The molecule has 0 amide bonds. The third-order valence-corrected chi connectivity index (χ3v) is 6.77. The SMILES string of the molecule is CCNC(=NCCc1sc(C)nc1C)NC1CC2CCCC(C1)N2C. The molecule has 2 fully saturated rings. The lowest BCUT2D eigenvalue weighted by atomic mass is 9.82. The van der Waals surface area contributed by atoms with E-state index in [1.54, 1.807) is 11.3 Å². The van der Waals surface area contributed by atoms with Crippen molar-refractivity contribution in [2.45, 2.75) is 77.4 Å². The van der Waals surface area contributed by atoms with Crippen LogP contribution < -0.4 is 10.6 Å². The van der Waals surface area contributed by atoms with E-state index >= 15 is 0 Å². The highest BCUT2D eigenvalue weighted by atomic mass is 32.1. The van der Waals surface area contributed by atoms with Crippen LogP contribution in [0, 0.1) is 13.8 Å². The Kier molecular flexibility index (Phi) is 6.34. The topological polar surface area (TPSA) is 52.6 Å². The Morgan fingerprint density at radius 3 is 2.60 bits per heavy atom. The molecule has 2 unspecified atom stereocenters. The number of guanidine groups is 1. The predicted octanol–water partition coefficient (Wildman–Crippen LogP) is 2.87. The van der Waals surface area contributed by atoms with E-state index in [-0.39, 0.29) is 0 Å². The summed E-state index contributed by atoms with van der Waals surface area (Å²) in [4.78, 5) is 13.3. The highest BCUT2D eigenvalue weighted by molar-refractivity contribution is 7.11. The van der Waals surface area contributed by atoms with Crippen molar-refractivity contribution in [1.29, 1.82) is 0 Å². The van der Waals surface area contributed by atoms with Crippen LogP contribution in [0.2, 0.25) is 0 Å². The van der Waals surface area contributed by atoms with E-state index in [9.17, 15) is 0 Å². The van der Waals surface area contributed by atoms with E-state index < -0.39 is 0 Å². The average Bonchev–Trinajstić information content (AvgIpc) is 2.86. The molecule has 0 spiro atoms. The van der Waals surface area contributed by atoms with Crippen LogP contribution in [0.5, 0.6) is 0 Å². The molecule has 2 aliphatic heterocycles. The zero-order valence-electron chi connectivity index (χ0n) is 16.1. The van der Waals surface area contributed by atoms with Gasteiger partial charge in [-0.25, -0.2) is 4.98 Å². The summed E-state index contributed by atoms with van der Waals surface area (Å²) in [5, 5.41) is 8.29. The molecule has 25 heavy (non-hydrogen) atoms. The fourth-order valence-electron chi connectivity index (χ4n) is 4.32. The molecular weight excluding hydrogens is 330 g/mol. The smallest absolute Gasteiger partial charge is 0.191 e. The summed E-state index contributed by atoms with van der Waals surface area (Å²) < 4.78 is 0. The second kappa shape index (κ2) is 8.49. The molecule has 0 radical (unpaired) electrons. The first-order chi connectivity index (χ1) is 12.1. The summed E-state index contributed by atoms with van der Waals surface area (Å²) in [6, 6.07) is 2.04. The molecule has 0 aromatic carbocycles. The summed E-state index contributed by atoms with van der Waals surface area (Å²) >= 11 is 1.80. The fourth-order valence-corrected chi connectivity index (χ4v) is 5.25. The molecule has 2 bridgehead atoms. The van der Waals surface area contributed by atoms with E-state index in [0.717, 1.165) is 42.6 Å². The molecule has 140 valence electrons. The van der Waals surface area contributed by atoms with Crippen molar-refractivity contribution in [2.24, 2.45) is 4.99 Å². The van der Waals surface area contributed by atoms with Gasteiger partial charge in [0.15, 0.2) is 5.96 Å². The number of hydrogen-bond donors (Lipinski definition) is 2. The van der Waals surface area contributed by atoms with Gasteiger partial charge < -0.3 is 15.5 Å². The van der Waals surface area contributed by atoms with Gasteiger partial charge in [0.2, 0.25) is 0 Å². The van der Waals surface area contributed by atoms with Crippen molar-refractivity contribution in [3.8, 4) is 0 Å². The largest absolute Gasteiger partial charge is 0.357 e. The molecule has 1 aromatic rings. The van der Waals surface area contributed by atoms with Gasteiger partial charge in [0, 0.05) is 42.5 Å². The molecule has 0 saturated carbocycles. The number of nitrogens with zero attached hydrogens (tertiary/aromatic N) is 3. The Bertz CT molecular complexity index is 583. The van der Waals surface area contributed by atoms with Crippen LogP contribution in [0.1, 0.15) is 54.6 Å². The highest BCUT2D eigenvalue weighted by Gasteiger charge is 2.36. The van der Waals surface area contributed by atoms with Gasteiger partial charge in [-0.2, -0.15) is 0 Å². The van der Waals surface area contributed by atoms with Gasteiger partial charge in [0.25, 0.3) is 0 Å². The Labute approximate surface area is 156 Å². The van der Waals surface area contributed by atoms with Crippen LogP contribution >= 0.6 is 11.3 Å². The van der Waals surface area contributed by atoms with Crippen molar-refractivity contribution in [3.05, 3.63) is 15.6 Å². The van der Waals surface area contributed by atoms with Crippen LogP contribution in [0.3, 0.4) is 0 Å². The van der Waals surface area contributed by atoms with E-state index in [0.29, 0.717) is 6.04 Å². The third kappa shape index (κ3) is 4.73. The molecule has 6 heteroatoms. The summed E-state index contributed by atoms with van der Waals surface area (Å²) in [5.41, 5.74) is 1.17. The second-order valence-electron chi connectivity index (χ2n) is 7.47.